The average molecular weight is 1170 g/mol. The summed E-state index contributed by atoms with van der Waals surface area (Å²) < 4.78 is 33.0. The Morgan fingerprint density at radius 3 is 0.840 bits per heavy atom. The van der Waals surface area contributed by atoms with Gasteiger partial charge in [0.2, 0.25) is 27.7 Å². The van der Waals surface area contributed by atoms with Crippen LogP contribution in [-0.2, 0) is 67.6 Å². The van der Waals surface area contributed by atoms with E-state index >= 15 is 8.42 Å². The van der Waals surface area contributed by atoms with Crippen molar-refractivity contribution in [1.82, 2.24) is 20.7 Å². The lowest BCUT2D eigenvalue weighted by Gasteiger charge is -2.38. The Bertz CT molecular complexity index is 2420. The first kappa shape index (κ1) is 69.2. The number of nitrogens with zero attached hydrogens (tertiary/aromatic N) is 1. The molecule has 0 bridgehead atoms. The maximum atomic E-state index is 15.2. The minimum absolute atomic E-state index is 0.151. The smallest absolute Gasteiger partial charge is 0.303 e. The molecule has 29 heteroatoms. The second-order valence-corrected chi connectivity index (χ2v) is 22.1. The molecule has 0 spiro atoms. The van der Waals surface area contributed by atoms with Crippen LogP contribution in [0.5, 0.6) is 0 Å². The van der Waals surface area contributed by atoms with Crippen LogP contribution >= 0.6 is 0 Å². The van der Waals surface area contributed by atoms with Crippen LogP contribution in [0.3, 0.4) is 0 Å². The van der Waals surface area contributed by atoms with Crippen molar-refractivity contribution in [2.24, 2.45) is 0 Å². The van der Waals surface area contributed by atoms with Gasteiger partial charge in [0.1, 0.15) is 0 Å². The highest BCUT2D eigenvalue weighted by Gasteiger charge is 2.42. The van der Waals surface area contributed by atoms with Gasteiger partial charge in [-0.05, 0) is 89.2 Å². The van der Waals surface area contributed by atoms with E-state index < -0.39 is 258 Å². The lowest BCUT2D eigenvalue weighted by Crippen LogP contribution is -2.54. The fourth-order valence-corrected chi connectivity index (χ4v) is 11.4. The van der Waals surface area contributed by atoms with Crippen molar-refractivity contribution in [2.45, 2.75) is 181 Å². The Hall–Kier alpha value is -7.95. The Morgan fingerprint density at radius 1 is 0.358 bits per heavy atom. The van der Waals surface area contributed by atoms with Gasteiger partial charge in [-0.1, -0.05) is 24.3 Å². The van der Waals surface area contributed by atoms with Crippen LogP contribution < -0.4 is 25.6 Å². The molecular weight excluding hydrogens is 1090 g/mol. The predicted octanol–water partition coefficient (Wildman–Crippen LogP) is 3.61. The van der Waals surface area contributed by atoms with Gasteiger partial charge in [-0.2, -0.15) is 0 Å². The number of amides is 3. The van der Waals surface area contributed by atoms with Crippen LogP contribution in [0.2, 0.25) is 0 Å². The Labute approximate surface area is 465 Å². The molecule has 3 amide bonds. The zero-order chi connectivity index (χ0) is 61.4. The highest BCUT2D eigenvalue weighted by Crippen LogP contribution is 2.36. The molecule has 0 aromatic heterocycles. The second kappa shape index (κ2) is 31.7. The summed E-state index contributed by atoms with van der Waals surface area (Å²) in [4.78, 5) is 151. The number of carbonyl (C=O) groups excluding carboxylic acids is 3. The number of fused-ring (bicyclic) bond motifs is 1. The molecule has 0 unspecified atom stereocenters. The van der Waals surface area contributed by atoms with Crippen molar-refractivity contribution in [3.05, 3.63) is 36.4 Å². The van der Waals surface area contributed by atoms with Gasteiger partial charge in [0, 0.05) is 130 Å². The first-order valence-electron chi connectivity index (χ1n) is 25.8. The van der Waals surface area contributed by atoms with E-state index in [0.29, 0.717) is 11.1 Å². The molecule has 0 atom stereocenters. The van der Waals surface area contributed by atoms with Gasteiger partial charge in [-0.25, -0.2) is 13.1 Å². The predicted molar refractivity (Wildman–Crippen MR) is 283 cm³/mol. The summed E-state index contributed by atoms with van der Waals surface area (Å²) in [6, 6.07) is 9.01. The zero-order valence-electron chi connectivity index (χ0n) is 45.0. The largest absolute Gasteiger partial charge is 0.481 e. The van der Waals surface area contributed by atoms with Gasteiger partial charge in [0.25, 0.3) is 0 Å². The maximum absolute atomic E-state index is 15.2. The summed E-state index contributed by atoms with van der Waals surface area (Å²) in [5.41, 5.74) is -7.07. The van der Waals surface area contributed by atoms with Gasteiger partial charge in [-0.15, -0.1) is 0 Å². The first-order chi connectivity index (χ1) is 37.7. The van der Waals surface area contributed by atoms with E-state index in [9.17, 15) is 103 Å². The number of anilines is 1. The van der Waals surface area contributed by atoms with E-state index in [1.165, 1.54) is 18.2 Å². The second-order valence-electron chi connectivity index (χ2n) is 20.4. The number of hydrogen-bond acceptors (Lipinski definition) is 15. The monoisotopic (exact) mass is 1170 g/mol. The quantitative estimate of drug-likeness (QED) is 0.0451. The molecule has 2 rings (SSSR count). The molecule has 2 aromatic carbocycles. The number of hydrogen-bond donors (Lipinski definition) is 13. The van der Waals surface area contributed by atoms with Crippen molar-refractivity contribution in [3.63, 3.8) is 0 Å². The van der Waals surface area contributed by atoms with Crippen molar-refractivity contribution in [3.8, 4) is 0 Å². The van der Waals surface area contributed by atoms with Crippen LogP contribution in [0.15, 0.2) is 41.3 Å². The lowest BCUT2D eigenvalue weighted by molar-refractivity contribution is -0.141. The van der Waals surface area contributed by atoms with E-state index in [2.05, 4.69) is 20.7 Å². The number of aliphatic carboxylic acids is 9. The number of sulfonamides is 1. The molecule has 0 saturated heterocycles. The fraction of sp³-hybridized carbons (Fsp3) is 0.577. The third-order valence-corrected chi connectivity index (χ3v) is 15.7. The highest BCUT2D eigenvalue weighted by molar-refractivity contribution is 7.89. The van der Waals surface area contributed by atoms with E-state index in [-0.39, 0.29) is 10.3 Å². The third kappa shape index (κ3) is 24.9. The van der Waals surface area contributed by atoms with E-state index in [4.69, 9.17) is 0 Å². The molecule has 0 aliphatic carbocycles. The molecule has 0 fully saturated rings. The highest BCUT2D eigenvalue weighted by atomic mass is 32.2. The Kier molecular flexibility index (Phi) is 27.1. The minimum Gasteiger partial charge on any atom is -0.481 e. The summed E-state index contributed by atoms with van der Waals surface area (Å²) in [7, 11) is -1.56. The SMILES string of the molecule is CN(C)c1cccc2c(S(=O)(=O)NC(CCC(=O)NC(CCC(=O)O)(CCC(=O)O)CCC(=O)O)(CCC(=O)NC(CCC(=O)O)(CCC(=O)O)CCC(=O)O)CCC(=O)NC(CCC(=O)O)(CCC(=O)O)CCC(=O)O)cccc12. The average Bonchev–Trinajstić information content (AvgIpc) is 3.37. The van der Waals surface area contributed by atoms with E-state index in [1.807, 2.05) is 0 Å². The fourth-order valence-electron chi connectivity index (χ4n) is 9.69. The van der Waals surface area contributed by atoms with Crippen molar-refractivity contribution in [2.75, 3.05) is 19.0 Å². The zero-order valence-corrected chi connectivity index (χ0v) is 45.8. The van der Waals surface area contributed by atoms with Crippen LogP contribution in [-0.4, -0.2) is 162 Å². The molecule has 28 nitrogen and oxygen atoms in total. The molecular formula is C52H73N5O23S. The lowest BCUT2D eigenvalue weighted by atomic mass is 9.81. The number of benzene rings is 2. The van der Waals surface area contributed by atoms with Crippen LogP contribution in [0.1, 0.15) is 154 Å². The summed E-state index contributed by atoms with van der Waals surface area (Å²) in [6.45, 7) is 0. The molecule has 0 heterocycles. The summed E-state index contributed by atoms with van der Waals surface area (Å²) in [5, 5.41) is 94.9. The van der Waals surface area contributed by atoms with Crippen LogP contribution in [0.25, 0.3) is 10.8 Å². The van der Waals surface area contributed by atoms with Gasteiger partial charge in [-0.3, -0.25) is 57.5 Å². The molecule has 81 heavy (non-hydrogen) atoms. The van der Waals surface area contributed by atoms with E-state index in [0.717, 1.165) is 0 Å². The minimum atomic E-state index is -4.95. The topological polar surface area (TPSA) is 472 Å². The van der Waals surface area contributed by atoms with Crippen LogP contribution in [0, 0.1) is 0 Å². The molecule has 0 radical (unpaired) electrons. The molecule has 0 aliphatic rings. The number of rotatable bonds is 43. The third-order valence-electron chi connectivity index (χ3n) is 14.0. The maximum Gasteiger partial charge on any atom is 0.303 e. The number of nitrogens with one attached hydrogen (secondary N) is 4. The summed E-state index contributed by atoms with van der Waals surface area (Å²) >= 11 is 0. The Morgan fingerprint density at radius 2 is 0.593 bits per heavy atom. The van der Waals surface area contributed by atoms with Gasteiger partial charge < -0.3 is 66.8 Å². The molecule has 450 valence electrons. The van der Waals surface area contributed by atoms with Gasteiger partial charge in [0.15, 0.2) is 0 Å². The molecule has 2 aromatic rings. The number of carboxylic acid groups (broad SMARTS) is 9. The van der Waals surface area contributed by atoms with Gasteiger partial charge >= 0.3 is 53.7 Å². The number of carboxylic acids is 9. The first-order valence-corrected chi connectivity index (χ1v) is 27.3. The van der Waals surface area contributed by atoms with Crippen molar-refractivity contribution in [1.29, 1.82) is 0 Å². The summed E-state index contributed by atoms with van der Waals surface area (Å²) in [6.07, 6.45) is -15.1. The molecule has 13 N–H and O–H groups in total. The molecule has 0 saturated carbocycles. The summed E-state index contributed by atoms with van der Waals surface area (Å²) in [5.74, 6) is -15.7. The van der Waals surface area contributed by atoms with E-state index in [1.54, 1.807) is 37.2 Å². The van der Waals surface area contributed by atoms with Crippen molar-refractivity contribution >= 4 is 97.9 Å². The van der Waals surface area contributed by atoms with Crippen LogP contribution in [0.4, 0.5) is 5.69 Å². The standard InChI is InChI=1S/C52H73N5O23S/c1-57(2)35-7-3-6-34-33(35)5-4-8-36(34)81(79,80)56-52(21-9-37(58)53-49(24-12-40(61)62,25-13-41(63)64)26-14-42(65)66,22-10-38(59)54-50(27-15-43(67)68,28-16-44(69)70)29-17-45(71)72)23-11-39(60)55-51(30-18-46(73)74,31-19-47(75)76)32-20-48(77)78/h3-8,56H,9-32H2,1-2H3,(H,53,58)(H,54,59)(H,55,60)(H,61,62)(H,63,64)(H,65,66)(H,67,68)(H,69,70)(H,71,72)(H,73,74)(H,75,76)(H,77,78). The van der Waals surface area contributed by atoms with Crippen molar-refractivity contribution < 1.29 is 112 Å². The Balaban J connectivity index is 3.06. The molecule has 0 aliphatic heterocycles. The normalized spacial score (nSPS) is 12.0. The number of carbonyl (C=O) groups is 12. The van der Waals surface area contributed by atoms with Gasteiger partial charge in [0.05, 0.1) is 4.90 Å².